The summed E-state index contributed by atoms with van der Waals surface area (Å²) in [6.45, 7) is 0.178. The molecule has 0 aliphatic heterocycles. The number of H-pyrrole nitrogens is 1. The van der Waals surface area contributed by atoms with Crippen molar-refractivity contribution in [2.24, 2.45) is 0 Å². The molecule has 0 amide bonds. The molecule has 2 nitrogen and oxygen atoms in total. The number of imidazole rings is 1. The van der Waals surface area contributed by atoms with Crippen molar-refractivity contribution < 1.29 is 22.0 Å². The molecule has 0 radical (unpaired) electrons. The highest BCUT2D eigenvalue weighted by Gasteiger charge is 2.25. The average Bonchev–Trinajstić information content (AvgIpc) is 2.61. The van der Waals surface area contributed by atoms with E-state index < -0.39 is 24.2 Å². The maximum Gasteiger partial charge on any atom is 0.389 e. The van der Waals surface area contributed by atoms with Gasteiger partial charge in [-0.2, -0.15) is 13.2 Å². The van der Waals surface area contributed by atoms with Gasteiger partial charge in [-0.25, -0.2) is 8.78 Å². The van der Waals surface area contributed by atoms with Gasteiger partial charge in [0.2, 0.25) is 0 Å². The van der Waals surface area contributed by atoms with Gasteiger partial charge in [0, 0.05) is 19.0 Å². The number of fused-ring (bicyclic) bond motifs is 1. The van der Waals surface area contributed by atoms with Crippen molar-refractivity contribution in [3.8, 4) is 0 Å². The van der Waals surface area contributed by atoms with Crippen LogP contribution in [0.4, 0.5) is 22.0 Å². The molecule has 0 bridgehead atoms. The Kier molecular flexibility index (Phi) is 4.12. The lowest BCUT2D eigenvalue weighted by Gasteiger charge is -2.07. The third-order valence-corrected chi connectivity index (χ3v) is 3.22. The minimum Gasteiger partial charge on any atom is -0.328 e. The molecule has 1 aromatic heterocycles. The molecule has 2 aromatic rings. The van der Waals surface area contributed by atoms with Gasteiger partial charge >= 0.3 is 6.18 Å². The largest absolute Gasteiger partial charge is 0.389 e. The topological polar surface area (TPSA) is 20.7 Å². The first-order valence-corrected chi connectivity index (χ1v) is 6.33. The first kappa shape index (κ1) is 15.0. The van der Waals surface area contributed by atoms with Gasteiger partial charge in [-0.1, -0.05) is 0 Å². The summed E-state index contributed by atoms with van der Waals surface area (Å²) in [7, 11) is 0. The second-order valence-electron chi connectivity index (χ2n) is 4.44. The van der Waals surface area contributed by atoms with Gasteiger partial charge in [0.15, 0.2) is 10.6 Å². The van der Waals surface area contributed by atoms with Crippen LogP contribution in [0, 0.1) is 16.4 Å². The van der Waals surface area contributed by atoms with Crippen molar-refractivity contribution in [2.45, 2.75) is 32.0 Å². The first-order valence-electron chi connectivity index (χ1n) is 5.92. The Labute approximate surface area is 116 Å². The quantitative estimate of drug-likeness (QED) is 0.493. The Morgan fingerprint density at radius 3 is 2.50 bits per heavy atom. The molecule has 0 unspecified atom stereocenters. The fourth-order valence-electron chi connectivity index (χ4n) is 2.00. The van der Waals surface area contributed by atoms with Crippen LogP contribution < -0.4 is 0 Å². The van der Waals surface area contributed by atoms with E-state index in [2.05, 4.69) is 4.98 Å². The van der Waals surface area contributed by atoms with E-state index in [0.717, 1.165) is 12.1 Å². The fraction of sp³-hybridized carbons (Fsp3) is 0.417. The third-order valence-electron chi connectivity index (χ3n) is 2.89. The standard InChI is InChI=1S/C12H11F5N2S/c13-7-5-8(14)10-9(6-7)19(11(20)18-10)4-2-1-3-12(15,16)17/h5-6H,1-4H2,(H,18,20). The number of hydrogen-bond donors (Lipinski definition) is 1. The van der Waals surface area contributed by atoms with Crippen LogP contribution in [0.5, 0.6) is 0 Å². The first-order chi connectivity index (χ1) is 9.28. The number of aromatic nitrogens is 2. The third kappa shape index (κ3) is 3.36. The number of benzene rings is 1. The molecule has 0 fully saturated rings. The Bertz CT molecular complexity index is 671. The summed E-state index contributed by atoms with van der Waals surface area (Å²) >= 11 is 4.97. The zero-order valence-corrected chi connectivity index (χ0v) is 11.0. The van der Waals surface area contributed by atoms with Crippen molar-refractivity contribution >= 4 is 23.3 Å². The van der Waals surface area contributed by atoms with Crippen LogP contribution in [0.3, 0.4) is 0 Å². The Morgan fingerprint density at radius 1 is 1.15 bits per heavy atom. The van der Waals surface area contributed by atoms with Crippen LogP contribution in [0.25, 0.3) is 11.0 Å². The molecule has 1 aromatic carbocycles. The summed E-state index contributed by atoms with van der Waals surface area (Å²) in [5, 5.41) is 0. The van der Waals surface area contributed by atoms with Crippen molar-refractivity contribution in [3.63, 3.8) is 0 Å². The maximum atomic E-state index is 13.5. The second-order valence-corrected chi connectivity index (χ2v) is 4.82. The Hall–Kier alpha value is -1.44. The number of hydrogen-bond acceptors (Lipinski definition) is 1. The van der Waals surface area contributed by atoms with Gasteiger partial charge in [-0.05, 0) is 31.1 Å². The average molecular weight is 310 g/mol. The summed E-state index contributed by atoms with van der Waals surface area (Å²) in [4.78, 5) is 2.59. The van der Waals surface area contributed by atoms with Gasteiger partial charge in [-0.15, -0.1) is 0 Å². The molecule has 20 heavy (non-hydrogen) atoms. The SMILES string of the molecule is Fc1cc(F)c2[nH]c(=S)n(CCCCC(F)(F)F)c2c1. The summed E-state index contributed by atoms with van der Waals surface area (Å²) < 4.78 is 64.3. The highest BCUT2D eigenvalue weighted by molar-refractivity contribution is 7.71. The van der Waals surface area contributed by atoms with E-state index in [1.165, 1.54) is 4.57 Å². The number of rotatable bonds is 4. The summed E-state index contributed by atoms with van der Waals surface area (Å²) in [6, 6.07) is 1.83. The van der Waals surface area contributed by atoms with Crippen molar-refractivity contribution in [1.29, 1.82) is 0 Å². The smallest absolute Gasteiger partial charge is 0.328 e. The van der Waals surface area contributed by atoms with Crippen molar-refractivity contribution in [1.82, 2.24) is 9.55 Å². The number of alkyl halides is 3. The van der Waals surface area contributed by atoms with E-state index >= 15 is 0 Å². The molecule has 0 aliphatic carbocycles. The highest BCUT2D eigenvalue weighted by Crippen LogP contribution is 2.24. The minimum atomic E-state index is -4.19. The number of nitrogens with one attached hydrogen (secondary N) is 1. The van der Waals surface area contributed by atoms with Gasteiger partial charge in [0.25, 0.3) is 0 Å². The maximum absolute atomic E-state index is 13.5. The monoisotopic (exact) mass is 310 g/mol. The molecule has 0 atom stereocenters. The number of unbranched alkanes of at least 4 members (excludes halogenated alkanes) is 1. The van der Waals surface area contributed by atoms with Gasteiger partial charge < -0.3 is 9.55 Å². The summed E-state index contributed by atoms with van der Waals surface area (Å²) in [6.07, 6.45) is -4.92. The molecule has 1 heterocycles. The van der Waals surface area contributed by atoms with E-state index in [0.29, 0.717) is 0 Å². The molecule has 1 N–H and O–H groups in total. The minimum absolute atomic E-state index is 0.0598. The second kappa shape index (κ2) is 5.51. The van der Waals surface area contributed by atoms with Crippen LogP contribution in [0.15, 0.2) is 12.1 Å². The number of nitrogens with zero attached hydrogens (tertiary/aromatic N) is 1. The van der Waals surface area contributed by atoms with E-state index in [4.69, 9.17) is 12.2 Å². The zero-order chi connectivity index (χ0) is 14.9. The lowest BCUT2D eigenvalue weighted by molar-refractivity contribution is -0.135. The molecule has 2 rings (SSSR count). The molecule has 0 aliphatic rings. The summed E-state index contributed by atoms with van der Waals surface area (Å²) in [5.41, 5.74) is 0.284. The van der Waals surface area contributed by atoms with Crippen molar-refractivity contribution in [2.75, 3.05) is 0 Å². The highest BCUT2D eigenvalue weighted by atomic mass is 32.1. The Morgan fingerprint density at radius 2 is 1.85 bits per heavy atom. The molecule has 8 heteroatoms. The van der Waals surface area contributed by atoms with Crippen molar-refractivity contribution in [3.05, 3.63) is 28.5 Å². The fourth-order valence-corrected chi connectivity index (χ4v) is 2.29. The van der Waals surface area contributed by atoms with Crippen LogP contribution >= 0.6 is 12.2 Å². The normalized spacial score (nSPS) is 12.2. The predicted octanol–water partition coefficient (Wildman–Crippen LogP) is 4.71. The van der Waals surface area contributed by atoms with Gasteiger partial charge in [0.1, 0.15) is 11.3 Å². The summed E-state index contributed by atoms with van der Waals surface area (Å²) in [5.74, 6) is -1.53. The molecule has 0 saturated carbocycles. The van der Waals surface area contributed by atoms with E-state index in [-0.39, 0.29) is 35.2 Å². The molecule has 0 saturated heterocycles. The lowest BCUT2D eigenvalue weighted by atomic mass is 10.2. The van der Waals surface area contributed by atoms with E-state index in [1.807, 2.05) is 0 Å². The molecular formula is C12H11F5N2S. The van der Waals surface area contributed by atoms with E-state index in [9.17, 15) is 22.0 Å². The number of aryl methyl sites for hydroxylation is 1. The van der Waals surface area contributed by atoms with Crippen LogP contribution in [-0.4, -0.2) is 15.7 Å². The molecule has 0 spiro atoms. The number of halogens is 5. The van der Waals surface area contributed by atoms with Gasteiger partial charge in [-0.3, -0.25) is 0 Å². The molecular weight excluding hydrogens is 299 g/mol. The predicted molar refractivity (Wildman–Crippen MR) is 66.9 cm³/mol. The van der Waals surface area contributed by atoms with Crippen LogP contribution in [-0.2, 0) is 6.54 Å². The molecule has 110 valence electrons. The van der Waals surface area contributed by atoms with Crippen LogP contribution in [0.2, 0.25) is 0 Å². The van der Waals surface area contributed by atoms with Crippen LogP contribution in [0.1, 0.15) is 19.3 Å². The number of aromatic amines is 1. The Balaban J connectivity index is 2.18. The van der Waals surface area contributed by atoms with Gasteiger partial charge in [0.05, 0.1) is 5.52 Å². The zero-order valence-electron chi connectivity index (χ0n) is 10.2. The van der Waals surface area contributed by atoms with E-state index in [1.54, 1.807) is 0 Å². The lowest BCUT2D eigenvalue weighted by Crippen LogP contribution is -2.07.